The summed E-state index contributed by atoms with van der Waals surface area (Å²) in [4.78, 5) is 2.47. The van der Waals surface area contributed by atoms with Gasteiger partial charge in [0, 0.05) is 24.8 Å². The first-order valence-corrected chi connectivity index (χ1v) is 5.89. The Morgan fingerprint density at radius 3 is 3.07 bits per heavy atom. The van der Waals surface area contributed by atoms with E-state index >= 15 is 0 Å². The van der Waals surface area contributed by atoms with Crippen LogP contribution < -0.4 is 5.32 Å². The third-order valence-electron chi connectivity index (χ3n) is 3.49. The number of rotatable bonds is 3. The van der Waals surface area contributed by atoms with E-state index in [0.29, 0.717) is 0 Å². The van der Waals surface area contributed by atoms with Crippen molar-refractivity contribution in [2.75, 3.05) is 18.9 Å². The van der Waals surface area contributed by atoms with Gasteiger partial charge in [0.25, 0.3) is 0 Å². The minimum absolute atomic E-state index is 0.853. The van der Waals surface area contributed by atoms with Gasteiger partial charge in [-0.1, -0.05) is 12.1 Å². The largest absolute Gasteiger partial charge is 0.384 e. The Morgan fingerprint density at radius 2 is 2.27 bits per heavy atom. The second kappa shape index (κ2) is 3.53. The predicted molar refractivity (Wildman–Crippen MR) is 63.1 cm³/mol. The van der Waals surface area contributed by atoms with E-state index in [1.54, 1.807) is 0 Å². The Kier molecular flexibility index (Phi) is 2.17. The summed E-state index contributed by atoms with van der Waals surface area (Å²) in [7, 11) is 2.23. The van der Waals surface area contributed by atoms with E-state index in [-0.39, 0.29) is 0 Å². The smallest absolute Gasteiger partial charge is 0.0376 e. The van der Waals surface area contributed by atoms with Crippen molar-refractivity contribution in [3.8, 4) is 0 Å². The van der Waals surface area contributed by atoms with E-state index in [1.165, 1.54) is 36.1 Å². The van der Waals surface area contributed by atoms with Gasteiger partial charge in [-0.3, -0.25) is 4.90 Å². The molecule has 0 bridgehead atoms. The zero-order valence-electron chi connectivity index (χ0n) is 9.29. The monoisotopic (exact) mass is 202 g/mol. The zero-order valence-corrected chi connectivity index (χ0v) is 9.29. The standard InChI is InChI=1S/C13H18N2/c1-15(12-4-5-12)9-10-2-3-11-6-7-14-13(11)8-10/h2-3,8,12,14H,4-7,9H2,1H3. The van der Waals surface area contributed by atoms with Gasteiger partial charge in [-0.2, -0.15) is 0 Å². The molecule has 1 heterocycles. The summed E-state index contributed by atoms with van der Waals surface area (Å²) in [5, 5.41) is 3.44. The van der Waals surface area contributed by atoms with E-state index in [4.69, 9.17) is 0 Å². The fourth-order valence-corrected chi connectivity index (χ4v) is 2.37. The molecule has 1 fully saturated rings. The van der Waals surface area contributed by atoms with E-state index in [2.05, 4.69) is 35.5 Å². The van der Waals surface area contributed by atoms with Gasteiger partial charge < -0.3 is 5.32 Å². The number of hydrogen-bond donors (Lipinski definition) is 1. The minimum atomic E-state index is 0.853. The molecule has 1 aromatic carbocycles. The average molecular weight is 202 g/mol. The average Bonchev–Trinajstić information content (AvgIpc) is 2.98. The van der Waals surface area contributed by atoms with Crippen LogP contribution in [0.3, 0.4) is 0 Å². The molecule has 1 aliphatic heterocycles. The number of hydrogen-bond acceptors (Lipinski definition) is 2. The second-order valence-corrected chi connectivity index (χ2v) is 4.81. The number of nitrogens with zero attached hydrogens (tertiary/aromatic N) is 1. The number of nitrogens with one attached hydrogen (secondary N) is 1. The summed E-state index contributed by atoms with van der Waals surface area (Å²) in [6.45, 7) is 2.21. The Hall–Kier alpha value is -1.02. The van der Waals surface area contributed by atoms with Gasteiger partial charge in [-0.05, 0) is 43.5 Å². The van der Waals surface area contributed by atoms with Crippen LogP contribution in [-0.2, 0) is 13.0 Å². The fourth-order valence-electron chi connectivity index (χ4n) is 2.37. The lowest BCUT2D eigenvalue weighted by molar-refractivity contribution is 0.316. The van der Waals surface area contributed by atoms with Crippen LogP contribution in [0.25, 0.3) is 0 Å². The van der Waals surface area contributed by atoms with Crippen LogP contribution in [0.15, 0.2) is 18.2 Å². The molecule has 3 rings (SSSR count). The Bertz CT molecular complexity index is 369. The first-order valence-electron chi connectivity index (χ1n) is 5.89. The summed E-state index contributed by atoms with van der Waals surface area (Å²) < 4.78 is 0. The summed E-state index contributed by atoms with van der Waals surface area (Å²) in [6, 6.07) is 7.74. The highest BCUT2D eigenvalue weighted by Crippen LogP contribution is 2.28. The molecular formula is C13H18N2. The third kappa shape index (κ3) is 1.86. The summed E-state index contributed by atoms with van der Waals surface area (Å²) in [5.41, 5.74) is 4.28. The number of benzene rings is 1. The normalized spacial score (nSPS) is 19.1. The lowest BCUT2D eigenvalue weighted by Gasteiger charge is -2.16. The molecule has 1 aliphatic carbocycles. The van der Waals surface area contributed by atoms with Crippen LogP contribution in [0.4, 0.5) is 5.69 Å². The fraction of sp³-hybridized carbons (Fsp3) is 0.538. The number of anilines is 1. The van der Waals surface area contributed by atoms with Crippen molar-refractivity contribution < 1.29 is 0 Å². The molecule has 2 heteroatoms. The first-order chi connectivity index (χ1) is 7.33. The van der Waals surface area contributed by atoms with Crippen molar-refractivity contribution in [3.05, 3.63) is 29.3 Å². The van der Waals surface area contributed by atoms with E-state index in [9.17, 15) is 0 Å². The van der Waals surface area contributed by atoms with Gasteiger partial charge in [0.1, 0.15) is 0 Å². The molecule has 0 amide bonds. The maximum Gasteiger partial charge on any atom is 0.0376 e. The van der Waals surface area contributed by atoms with E-state index < -0.39 is 0 Å². The van der Waals surface area contributed by atoms with Crippen LogP contribution in [0.1, 0.15) is 24.0 Å². The van der Waals surface area contributed by atoms with Gasteiger partial charge in [-0.15, -0.1) is 0 Å². The quantitative estimate of drug-likeness (QED) is 0.808. The molecule has 0 radical (unpaired) electrons. The molecule has 0 atom stereocenters. The lowest BCUT2D eigenvalue weighted by Crippen LogP contribution is -2.19. The van der Waals surface area contributed by atoms with Gasteiger partial charge >= 0.3 is 0 Å². The van der Waals surface area contributed by atoms with Gasteiger partial charge in [0.15, 0.2) is 0 Å². The second-order valence-electron chi connectivity index (χ2n) is 4.81. The van der Waals surface area contributed by atoms with Crippen LogP contribution in [0.2, 0.25) is 0 Å². The maximum atomic E-state index is 3.44. The summed E-state index contributed by atoms with van der Waals surface area (Å²) >= 11 is 0. The van der Waals surface area contributed by atoms with Gasteiger partial charge in [0.05, 0.1) is 0 Å². The van der Waals surface area contributed by atoms with Crippen molar-refractivity contribution in [1.29, 1.82) is 0 Å². The Balaban J connectivity index is 1.74. The molecule has 1 N–H and O–H groups in total. The molecule has 1 aromatic rings. The molecule has 1 saturated carbocycles. The van der Waals surface area contributed by atoms with Crippen LogP contribution >= 0.6 is 0 Å². The van der Waals surface area contributed by atoms with Crippen LogP contribution in [0.5, 0.6) is 0 Å². The van der Waals surface area contributed by atoms with E-state index in [1.807, 2.05) is 0 Å². The molecule has 2 nitrogen and oxygen atoms in total. The molecule has 2 aliphatic rings. The number of fused-ring (bicyclic) bond motifs is 1. The summed E-state index contributed by atoms with van der Waals surface area (Å²) in [5.74, 6) is 0. The van der Waals surface area contributed by atoms with Crippen molar-refractivity contribution in [1.82, 2.24) is 4.90 Å². The molecule has 80 valence electrons. The SMILES string of the molecule is CN(Cc1ccc2c(c1)NCC2)C1CC1. The van der Waals surface area contributed by atoms with Gasteiger partial charge in [-0.25, -0.2) is 0 Å². The maximum absolute atomic E-state index is 3.44. The zero-order chi connectivity index (χ0) is 10.3. The third-order valence-corrected chi connectivity index (χ3v) is 3.49. The molecular weight excluding hydrogens is 184 g/mol. The highest BCUT2D eigenvalue weighted by Gasteiger charge is 2.26. The summed E-state index contributed by atoms with van der Waals surface area (Å²) in [6.07, 6.45) is 3.97. The highest BCUT2D eigenvalue weighted by molar-refractivity contribution is 5.57. The van der Waals surface area contributed by atoms with Crippen molar-refractivity contribution in [3.63, 3.8) is 0 Å². The minimum Gasteiger partial charge on any atom is -0.384 e. The highest BCUT2D eigenvalue weighted by atomic mass is 15.1. The van der Waals surface area contributed by atoms with Gasteiger partial charge in [0.2, 0.25) is 0 Å². The van der Waals surface area contributed by atoms with Crippen molar-refractivity contribution in [2.24, 2.45) is 0 Å². The lowest BCUT2D eigenvalue weighted by atomic mass is 10.1. The van der Waals surface area contributed by atoms with Crippen molar-refractivity contribution in [2.45, 2.75) is 31.8 Å². The van der Waals surface area contributed by atoms with Crippen LogP contribution in [0, 0.1) is 0 Å². The molecule has 15 heavy (non-hydrogen) atoms. The molecule has 0 spiro atoms. The van der Waals surface area contributed by atoms with Crippen molar-refractivity contribution >= 4 is 5.69 Å². The Labute approximate surface area is 91.3 Å². The molecule has 0 unspecified atom stereocenters. The molecule has 0 saturated heterocycles. The van der Waals surface area contributed by atoms with Crippen LogP contribution in [-0.4, -0.2) is 24.5 Å². The van der Waals surface area contributed by atoms with E-state index in [0.717, 1.165) is 19.1 Å². The topological polar surface area (TPSA) is 15.3 Å². The first kappa shape index (κ1) is 9.22. The molecule has 0 aromatic heterocycles. The Morgan fingerprint density at radius 1 is 1.40 bits per heavy atom. The predicted octanol–water partition coefficient (Wildman–Crippen LogP) is 2.25.